The summed E-state index contributed by atoms with van der Waals surface area (Å²) in [5.41, 5.74) is 2.18. The standard InChI is InChI=1S/C24H18ClNO3/c25-19-13-11-17(12-14-19)21-20(22(27)18-9-5-2-6-10-18)23(28)24(29)26(21)15-16-7-3-1-4-8-16/h1-14,21,27H,15H2/b22-20-. The van der Waals surface area contributed by atoms with Gasteiger partial charge in [-0.3, -0.25) is 9.59 Å². The van der Waals surface area contributed by atoms with Gasteiger partial charge in [-0.15, -0.1) is 0 Å². The van der Waals surface area contributed by atoms with Crippen molar-refractivity contribution in [3.63, 3.8) is 0 Å². The predicted octanol–water partition coefficient (Wildman–Crippen LogP) is 4.96. The van der Waals surface area contributed by atoms with Crippen molar-refractivity contribution in [2.24, 2.45) is 0 Å². The molecule has 0 aromatic heterocycles. The molecule has 1 atom stereocenters. The quantitative estimate of drug-likeness (QED) is 0.380. The van der Waals surface area contributed by atoms with Crippen molar-refractivity contribution in [2.75, 3.05) is 0 Å². The minimum absolute atomic E-state index is 0.0828. The number of ketones is 1. The molecule has 0 radical (unpaired) electrons. The number of benzene rings is 3. The summed E-state index contributed by atoms with van der Waals surface area (Å²) in [4.78, 5) is 27.3. The third-order valence-electron chi connectivity index (χ3n) is 4.97. The Bertz CT molecular complexity index is 1080. The van der Waals surface area contributed by atoms with Crippen LogP contribution in [0.15, 0.2) is 90.5 Å². The second-order valence-corrected chi connectivity index (χ2v) is 7.27. The van der Waals surface area contributed by atoms with Crippen molar-refractivity contribution in [2.45, 2.75) is 12.6 Å². The molecule has 3 aromatic rings. The molecule has 1 N–H and O–H groups in total. The second kappa shape index (κ2) is 7.94. The molecule has 0 aliphatic carbocycles. The van der Waals surface area contributed by atoms with Gasteiger partial charge in [0.15, 0.2) is 0 Å². The van der Waals surface area contributed by atoms with Crippen LogP contribution in [-0.4, -0.2) is 21.7 Å². The Morgan fingerprint density at radius 3 is 2.07 bits per heavy atom. The van der Waals surface area contributed by atoms with Crippen molar-refractivity contribution in [3.05, 3.63) is 112 Å². The van der Waals surface area contributed by atoms with E-state index >= 15 is 0 Å². The number of carbonyl (C=O) groups excluding carboxylic acids is 2. The lowest BCUT2D eigenvalue weighted by Crippen LogP contribution is -2.29. The summed E-state index contributed by atoms with van der Waals surface area (Å²) in [5, 5.41) is 11.5. The molecule has 29 heavy (non-hydrogen) atoms. The molecule has 1 heterocycles. The number of carbonyl (C=O) groups is 2. The van der Waals surface area contributed by atoms with E-state index in [1.165, 1.54) is 4.90 Å². The van der Waals surface area contributed by atoms with E-state index in [9.17, 15) is 14.7 Å². The van der Waals surface area contributed by atoms with E-state index in [0.29, 0.717) is 16.1 Å². The van der Waals surface area contributed by atoms with Gasteiger partial charge >= 0.3 is 0 Å². The maximum Gasteiger partial charge on any atom is 0.295 e. The third kappa shape index (κ3) is 3.67. The molecule has 1 aliphatic rings. The van der Waals surface area contributed by atoms with Crippen LogP contribution < -0.4 is 0 Å². The monoisotopic (exact) mass is 403 g/mol. The van der Waals surface area contributed by atoms with Crippen LogP contribution in [0.5, 0.6) is 0 Å². The molecule has 1 fully saturated rings. The summed E-state index contributed by atoms with van der Waals surface area (Å²) in [5.74, 6) is -1.51. The van der Waals surface area contributed by atoms with Gasteiger partial charge in [-0.25, -0.2) is 0 Å². The van der Waals surface area contributed by atoms with Gasteiger partial charge in [0.2, 0.25) is 0 Å². The molecule has 0 spiro atoms. The van der Waals surface area contributed by atoms with Crippen LogP contribution >= 0.6 is 11.6 Å². The van der Waals surface area contributed by atoms with E-state index in [-0.39, 0.29) is 17.9 Å². The highest BCUT2D eigenvalue weighted by Gasteiger charge is 2.46. The largest absolute Gasteiger partial charge is 0.507 e. The van der Waals surface area contributed by atoms with Gasteiger partial charge < -0.3 is 10.0 Å². The number of hydrogen-bond donors (Lipinski definition) is 1. The number of likely N-dealkylation sites (tertiary alicyclic amines) is 1. The molecular formula is C24H18ClNO3. The Labute approximate surface area is 173 Å². The van der Waals surface area contributed by atoms with Gasteiger partial charge in [0.1, 0.15) is 5.76 Å². The number of halogens is 1. The average molecular weight is 404 g/mol. The molecule has 3 aromatic carbocycles. The third-order valence-corrected chi connectivity index (χ3v) is 5.22. The molecule has 1 unspecified atom stereocenters. The first-order valence-corrected chi connectivity index (χ1v) is 9.57. The van der Waals surface area contributed by atoms with Crippen molar-refractivity contribution in [1.82, 2.24) is 4.90 Å². The Morgan fingerprint density at radius 2 is 1.45 bits per heavy atom. The van der Waals surface area contributed by atoms with Crippen LogP contribution in [0.4, 0.5) is 0 Å². The first-order valence-electron chi connectivity index (χ1n) is 9.19. The van der Waals surface area contributed by atoms with Crippen molar-refractivity contribution < 1.29 is 14.7 Å². The predicted molar refractivity (Wildman–Crippen MR) is 112 cm³/mol. The van der Waals surface area contributed by atoms with E-state index in [2.05, 4.69) is 0 Å². The van der Waals surface area contributed by atoms with Gasteiger partial charge in [0, 0.05) is 17.1 Å². The summed E-state index contributed by atoms with van der Waals surface area (Å²) in [6.45, 7) is 0.254. The smallest absolute Gasteiger partial charge is 0.295 e. The molecule has 4 rings (SSSR count). The molecule has 5 heteroatoms. The molecule has 0 saturated carbocycles. The summed E-state index contributed by atoms with van der Waals surface area (Å²) in [6.07, 6.45) is 0. The molecule has 4 nitrogen and oxygen atoms in total. The number of nitrogens with zero attached hydrogens (tertiary/aromatic N) is 1. The maximum atomic E-state index is 12.9. The highest BCUT2D eigenvalue weighted by Crippen LogP contribution is 2.40. The Morgan fingerprint density at radius 1 is 0.862 bits per heavy atom. The Hall–Kier alpha value is -3.37. The van der Waals surface area contributed by atoms with Gasteiger partial charge in [-0.1, -0.05) is 84.4 Å². The fourth-order valence-electron chi connectivity index (χ4n) is 3.57. The minimum atomic E-state index is -0.701. The van der Waals surface area contributed by atoms with Crippen LogP contribution in [-0.2, 0) is 16.1 Å². The summed E-state index contributed by atoms with van der Waals surface area (Å²) in [7, 11) is 0. The fraction of sp³-hybridized carbons (Fsp3) is 0.0833. The molecule has 0 bridgehead atoms. The maximum absolute atomic E-state index is 12.9. The minimum Gasteiger partial charge on any atom is -0.507 e. The first kappa shape index (κ1) is 19.0. The fourth-order valence-corrected chi connectivity index (χ4v) is 3.69. The van der Waals surface area contributed by atoms with E-state index < -0.39 is 17.7 Å². The van der Waals surface area contributed by atoms with Crippen molar-refractivity contribution >= 4 is 29.1 Å². The lowest BCUT2D eigenvalue weighted by atomic mass is 9.95. The summed E-state index contributed by atoms with van der Waals surface area (Å²) < 4.78 is 0. The zero-order valence-corrected chi connectivity index (χ0v) is 16.2. The van der Waals surface area contributed by atoms with Crippen molar-refractivity contribution in [1.29, 1.82) is 0 Å². The number of amides is 1. The lowest BCUT2D eigenvalue weighted by molar-refractivity contribution is -0.140. The van der Waals surface area contributed by atoms with Crippen LogP contribution in [0.3, 0.4) is 0 Å². The van der Waals surface area contributed by atoms with E-state index in [0.717, 1.165) is 5.56 Å². The van der Waals surface area contributed by atoms with E-state index in [1.54, 1.807) is 48.5 Å². The topological polar surface area (TPSA) is 57.6 Å². The number of hydrogen-bond acceptors (Lipinski definition) is 3. The average Bonchev–Trinajstić information content (AvgIpc) is 3.00. The first-order chi connectivity index (χ1) is 14.1. The highest BCUT2D eigenvalue weighted by atomic mass is 35.5. The second-order valence-electron chi connectivity index (χ2n) is 6.83. The van der Waals surface area contributed by atoms with E-state index in [1.807, 2.05) is 36.4 Å². The highest BCUT2D eigenvalue weighted by molar-refractivity contribution is 6.46. The van der Waals surface area contributed by atoms with Crippen LogP contribution in [0.1, 0.15) is 22.7 Å². The van der Waals surface area contributed by atoms with Crippen LogP contribution in [0.2, 0.25) is 5.02 Å². The number of aliphatic hydroxyl groups excluding tert-OH is 1. The van der Waals surface area contributed by atoms with Gasteiger partial charge in [0.05, 0.1) is 11.6 Å². The summed E-state index contributed by atoms with van der Waals surface area (Å²) >= 11 is 6.03. The summed E-state index contributed by atoms with van der Waals surface area (Å²) in [6, 6.07) is 24.5. The number of Topliss-reactive ketones (excluding diaryl/α,β-unsaturated/α-hetero) is 1. The zero-order chi connectivity index (χ0) is 20.4. The normalized spacial score (nSPS) is 18.2. The zero-order valence-electron chi connectivity index (χ0n) is 15.5. The molecule has 144 valence electrons. The molecule has 1 amide bonds. The Kier molecular flexibility index (Phi) is 5.19. The Balaban J connectivity index is 1.86. The van der Waals surface area contributed by atoms with Gasteiger partial charge in [-0.05, 0) is 23.3 Å². The lowest BCUT2D eigenvalue weighted by Gasteiger charge is -2.25. The van der Waals surface area contributed by atoms with Crippen LogP contribution in [0.25, 0.3) is 5.76 Å². The SMILES string of the molecule is O=C1C(=O)N(Cc2ccccc2)C(c2ccc(Cl)cc2)/C1=C(/O)c1ccccc1. The van der Waals surface area contributed by atoms with Gasteiger partial charge in [0.25, 0.3) is 11.7 Å². The van der Waals surface area contributed by atoms with Crippen molar-refractivity contribution in [3.8, 4) is 0 Å². The number of rotatable bonds is 4. The molecule has 1 saturated heterocycles. The van der Waals surface area contributed by atoms with E-state index in [4.69, 9.17) is 11.6 Å². The molecule has 1 aliphatic heterocycles. The number of aliphatic hydroxyl groups is 1. The van der Waals surface area contributed by atoms with Gasteiger partial charge in [-0.2, -0.15) is 0 Å². The molecular weight excluding hydrogens is 386 g/mol. The van der Waals surface area contributed by atoms with Crippen LogP contribution in [0, 0.1) is 0 Å².